The molecule has 2 nitrogen and oxygen atoms in total. The van der Waals surface area contributed by atoms with Gasteiger partial charge in [0.15, 0.2) is 0 Å². The summed E-state index contributed by atoms with van der Waals surface area (Å²) in [6.07, 6.45) is 6.33. The van der Waals surface area contributed by atoms with Crippen molar-refractivity contribution in [2.24, 2.45) is 10.2 Å². The lowest BCUT2D eigenvalue weighted by Gasteiger charge is -2.09. The molecule has 0 N–H and O–H groups in total. The van der Waals surface area contributed by atoms with Crippen molar-refractivity contribution < 1.29 is 0 Å². The molecule has 0 aliphatic rings. The van der Waals surface area contributed by atoms with E-state index in [9.17, 15) is 0 Å². The fraction of sp³-hybridized carbons (Fsp3) is 0.235. The van der Waals surface area contributed by atoms with Crippen molar-refractivity contribution in [1.82, 2.24) is 0 Å². The highest BCUT2D eigenvalue weighted by Crippen LogP contribution is 2.22. The number of hydrogen-bond acceptors (Lipinski definition) is 2. The molecule has 0 heterocycles. The predicted octanol–water partition coefficient (Wildman–Crippen LogP) is 9.59. The van der Waals surface area contributed by atoms with Gasteiger partial charge in [-0.05, 0) is 59.1 Å². The Bertz CT molecular complexity index is 1150. The zero-order chi connectivity index (χ0) is 25.0. The van der Waals surface area contributed by atoms with E-state index in [0.717, 1.165) is 61.1 Å². The van der Waals surface area contributed by atoms with Gasteiger partial charge in [0.05, 0.1) is 11.4 Å². The molecule has 0 radical (unpaired) electrons. The number of hydrogen-bond donors (Lipinski definition) is 0. The van der Waals surface area contributed by atoms with Gasteiger partial charge >= 0.3 is 0 Å². The van der Waals surface area contributed by atoms with Crippen LogP contribution in [-0.2, 0) is 0 Å². The van der Waals surface area contributed by atoms with Crippen LogP contribution in [0.3, 0.4) is 0 Å². The lowest BCUT2D eigenvalue weighted by Crippen LogP contribution is -2.04. The Labute approximate surface area is 216 Å². The van der Waals surface area contributed by atoms with Crippen LogP contribution in [0.4, 0.5) is 0 Å². The zero-order valence-electron chi connectivity index (χ0n) is 21.5. The van der Waals surface area contributed by atoms with E-state index in [0.29, 0.717) is 0 Å². The molecule has 0 saturated carbocycles. The minimum absolute atomic E-state index is 0.929. The summed E-state index contributed by atoms with van der Waals surface area (Å²) < 4.78 is 0. The predicted molar refractivity (Wildman–Crippen MR) is 156 cm³/mol. The average Bonchev–Trinajstić information content (AvgIpc) is 2.96. The smallest absolute Gasteiger partial charge is 0.0702 e. The largest absolute Gasteiger partial charge is 0.155 e. The van der Waals surface area contributed by atoms with Gasteiger partial charge in [0.25, 0.3) is 0 Å². The molecular weight excluding hydrogens is 436 g/mol. The molecule has 0 aliphatic carbocycles. The Hall–Kier alpha value is -3.78. The van der Waals surface area contributed by atoms with Crippen LogP contribution in [0.2, 0.25) is 0 Å². The summed E-state index contributed by atoms with van der Waals surface area (Å²) in [4.78, 5) is 0. The Morgan fingerprint density at radius 3 is 1.11 bits per heavy atom. The SMILES string of the molecule is CCCC/C(=N\N=C(/CCCC)c1ccc(-c2ccccc2)cc1)c1ccc(-c2ccccc2)cc1. The molecule has 4 aromatic rings. The van der Waals surface area contributed by atoms with Gasteiger partial charge in [-0.25, -0.2) is 0 Å². The third-order valence-corrected chi connectivity index (χ3v) is 6.48. The molecule has 0 saturated heterocycles. The molecule has 0 aliphatic heterocycles. The summed E-state index contributed by atoms with van der Waals surface area (Å²) >= 11 is 0. The summed E-state index contributed by atoms with van der Waals surface area (Å²) in [6, 6.07) is 38.5. The van der Waals surface area contributed by atoms with Crippen molar-refractivity contribution in [2.45, 2.75) is 52.4 Å². The Morgan fingerprint density at radius 2 is 0.778 bits per heavy atom. The van der Waals surface area contributed by atoms with Gasteiger partial charge in [-0.2, -0.15) is 10.2 Å². The summed E-state index contributed by atoms with van der Waals surface area (Å²) in [7, 11) is 0. The highest BCUT2D eigenvalue weighted by molar-refractivity contribution is 6.04. The molecule has 2 heteroatoms. The summed E-state index contributed by atoms with van der Waals surface area (Å²) in [5.74, 6) is 0. The van der Waals surface area contributed by atoms with E-state index in [1.807, 2.05) is 0 Å². The lowest BCUT2D eigenvalue weighted by atomic mass is 10.00. The van der Waals surface area contributed by atoms with Crippen molar-refractivity contribution in [3.8, 4) is 22.3 Å². The van der Waals surface area contributed by atoms with E-state index in [1.54, 1.807) is 0 Å². The van der Waals surface area contributed by atoms with Crippen LogP contribution in [0.15, 0.2) is 119 Å². The van der Waals surface area contributed by atoms with Crippen LogP contribution >= 0.6 is 0 Å². The van der Waals surface area contributed by atoms with Crippen molar-refractivity contribution in [3.05, 3.63) is 120 Å². The molecule has 0 amide bonds. The first-order valence-corrected chi connectivity index (χ1v) is 13.2. The Balaban J connectivity index is 1.62. The highest BCUT2D eigenvalue weighted by atomic mass is 15.2. The number of benzene rings is 4. The number of nitrogens with zero attached hydrogens (tertiary/aromatic N) is 2. The maximum absolute atomic E-state index is 4.85. The average molecular weight is 473 g/mol. The summed E-state index contributed by atoms with van der Waals surface area (Å²) in [5, 5.41) is 9.70. The molecular formula is C34H36N2. The molecule has 0 atom stereocenters. The van der Waals surface area contributed by atoms with Crippen LogP contribution in [0.5, 0.6) is 0 Å². The van der Waals surface area contributed by atoms with E-state index in [2.05, 4.69) is 123 Å². The molecule has 0 bridgehead atoms. The molecule has 0 aromatic heterocycles. The second-order valence-corrected chi connectivity index (χ2v) is 9.19. The van der Waals surface area contributed by atoms with Gasteiger partial charge in [-0.15, -0.1) is 0 Å². The first-order chi connectivity index (χ1) is 17.8. The molecule has 36 heavy (non-hydrogen) atoms. The van der Waals surface area contributed by atoms with Crippen LogP contribution < -0.4 is 0 Å². The second-order valence-electron chi connectivity index (χ2n) is 9.19. The third-order valence-electron chi connectivity index (χ3n) is 6.48. The van der Waals surface area contributed by atoms with E-state index in [1.165, 1.54) is 22.3 Å². The van der Waals surface area contributed by atoms with Gasteiger partial charge in [0.1, 0.15) is 0 Å². The molecule has 0 fully saturated rings. The molecule has 4 aromatic carbocycles. The van der Waals surface area contributed by atoms with Gasteiger partial charge in [-0.1, -0.05) is 136 Å². The van der Waals surface area contributed by atoms with Crippen molar-refractivity contribution in [1.29, 1.82) is 0 Å². The summed E-state index contributed by atoms with van der Waals surface area (Å²) in [6.45, 7) is 4.45. The van der Waals surface area contributed by atoms with Crippen LogP contribution in [-0.4, -0.2) is 11.4 Å². The summed E-state index contributed by atoms with van der Waals surface area (Å²) in [5.41, 5.74) is 9.34. The highest BCUT2D eigenvalue weighted by Gasteiger charge is 2.08. The third kappa shape index (κ3) is 6.88. The van der Waals surface area contributed by atoms with E-state index in [-0.39, 0.29) is 0 Å². The molecule has 0 unspecified atom stereocenters. The van der Waals surface area contributed by atoms with Gasteiger partial charge in [0.2, 0.25) is 0 Å². The second kappa shape index (κ2) is 13.3. The normalized spacial score (nSPS) is 12.1. The fourth-order valence-electron chi connectivity index (χ4n) is 4.28. The first-order valence-electron chi connectivity index (χ1n) is 13.2. The van der Waals surface area contributed by atoms with Crippen molar-refractivity contribution in [3.63, 3.8) is 0 Å². The maximum atomic E-state index is 4.85. The van der Waals surface area contributed by atoms with Crippen molar-refractivity contribution >= 4 is 11.4 Å². The monoisotopic (exact) mass is 472 g/mol. The van der Waals surface area contributed by atoms with Crippen LogP contribution in [0.25, 0.3) is 22.3 Å². The number of unbranched alkanes of at least 4 members (excludes halogenated alkanes) is 2. The van der Waals surface area contributed by atoms with E-state index >= 15 is 0 Å². The molecule has 0 spiro atoms. The maximum Gasteiger partial charge on any atom is 0.0702 e. The number of rotatable bonds is 11. The minimum atomic E-state index is 0.929. The molecule has 4 rings (SSSR count). The van der Waals surface area contributed by atoms with Gasteiger partial charge in [0, 0.05) is 0 Å². The molecule has 182 valence electrons. The fourth-order valence-corrected chi connectivity index (χ4v) is 4.28. The van der Waals surface area contributed by atoms with Gasteiger partial charge in [-0.3, -0.25) is 0 Å². The van der Waals surface area contributed by atoms with Crippen LogP contribution in [0, 0.1) is 0 Å². The quantitative estimate of drug-likeness (QED) is 0.153. The van der Waals surface area contributed by atoms with E-state index < -0.39 is 0 Å². The van der Waals surface area contributed by atoms with Crippen molar-refractivity contribution in [2.75, 3.05) is 0 Å². The zero-order valence-corrected chi connectivity index (χ0v) is 21.5. The van der Waals surface area contributed by atoms with Crippen LogP contribution in [0.1, 0.15) is 63.5 Å². The first kappa shape index (κ1) is 25.3. The van der Waals surface area contributed by atoms with Gasteiger partial charge < -0.3 is 0 Å². The standard InChI is InChI=1S/C34H36N2/c1-3-5-17-33(31-23-19-29(20-24-31)27-13-9-7-10-14-27)35-36-34(18-6-4-2)32-25-21-30(22-26-32)28-15-11-8-12-16-28/h7-16,19-26H,3-6,17-18H2,1-2H3/b35-33+,36-34+. The minimum Gasteiger partial charge on any atom is -0.155 e. The van der Waals surface area contributed by atoms with E-state index in [4.69, 9.17) is 10.2 Å². The Kier molecular flexibility index (Phi) is 9.39. The Morgan fingerprint density at radius 1 is 0.444 bits per heavy atom. The lowest BCUT2D eigenvalue weighted by molar-refractivity contribution is 0.826. The topological polar surface area (TPSA) is 24.7 Å².